The Morgan fingerprint density at radius 1 is 1.22 bits per heavy atom. The van der Waals surface area contributed by atoms with Gasteiger partial charge in [-0.2, -0.15) is 0 Å². The maximum atomic E-state index is 12.5. The van der Waals surface area contributed by atoms with Crippen LogP contribution in [0.4, 0.5) is 5.69 Å². The largest absolute Gasteiger partial charge is 0.454 e. The Labute approximate surface area is 156 Å². The number of rotatable bonds is 3. The summed E-state index contributed by atoms with van der Waals surface area (Å²) in [5.74, 6) is 1.56. The van der Waals surface area contributed by atoms with E-state index in [2.05, 4.69) is 10.3 Å². The number of carbonyl (C=O) groups excluding carboxylic acids is 1. The topological polar surface area (TPSA) is 83.4 Å². The summed E-state index contributed by atoms with van der Waals surface area (Å²) in [4.78, 5) is 18.4. The molecule has 0 bridgehead atoms. The third-order valence-corrected chi connectivity index (χ3v) is 4.39. The summed E-state index contributed by atoms with van der Waals surface area (Å²) in [7, 11) is 1.66. The molecule has 2 heterocycles. The number of aliphatic imine (C=N–C) groups is 1. The van der Waals surface area contributed by atoms with Crippen LogP contribution in [-0.2, 0) is 4.79 Å². The second kappa shape index (κ2) is 6.77. The van der Waals surface area contributed by atoms with Gasteiger partial charge in [-0.05, 0) is 48.4 Å². The van der Waals surface area contributed by atoms with Crippen molar-refractivity contribution in [3.8, 4) is 11.5 Å². The van der Waals surface area contributed by atoms with Gasteiger partial charge in [-0.3, -0.25) is 9.69 Å². The minimum absolute atomic E-state index is 0.203. The van der Waals surface area contributed by atoms with E-state index in [-0.39, 0.29) is 12.7 Å². The maximum absolute atomic E-state index is 12.5. The lowest BCUT2D eigenvalue weighted by Gasteiger charge is -2.14. The number of anilines is 1. The summed E-state index contributed by atoms with van der Waals surface area (Å²) in [5.41, 5.74) is 2.66. The molecule has 0 fully saturated rings. The van der Waals surface area contributed by atoms with Crippen LogP contribution in [0.2, 0.25) is 0 Å². The number of likely N-dealkylation sites (N-methyl/N-ethyl adjacent to an activating group) is 1. The highest BCUT2D eigenvalue weighted by molar-refractivity contribution is 6.17. The molecule has 2 aromatic rings. The minimum Gasteiger partial charge on any atom is -0.454 e. The second-order valence-corrected chi connectivity index (χ2v) is 6.37. The zero-order valence-corrected chi connectivity index (χ0v) is 15.0. The normalized spacial score (nSPS) is 18.0. The quantitative estimate of drug-likeness (QED) is 0.817. The maximum Gasteiger partial charge on any atom is 0.279 e. The van der Waals surface area contributed by atoms with Crippen molar-refractivity contribution in [1.82, 2.24) is 4.90 Å². The molecule has 0 saturated carbocycles. The van der Waals surface area contributed by atoms with Gasteiger partial charge in [0.25, 0.3) is 5.91 Å². The van der Waals surface area contributed by atoms with Crippen molar-refractivity contribution in [2.75, 3.05) is 19.2 Å². The molecule has 0 saturated heterocycles. The van der Waals surface area contributed by atoms with E-state index in [9.17, 15) is 9.90 Å². The predicted octanol–water partition coefficient (Wildman–Crippen LogP) is 2.75. The zero-order chi connectivity index (χ0) is 19.0. The number of hydrogen-bond acceptors (Lipinski definition) is 6. The van der Waals surface area contributed by atoms with Gasteiger partial charge in [-0.15, -0.1) is 0 Å². The van der Waals surface area contributed by atoms with Crippen molar-refractivity contribution in [2.24, 2.45) is 4.99 Å². The molecule has 0 radical (unpaired) electrons. The Bertz CT molecular complexity index is 965. The van der Waals surface area contributed by atoms with Crippen LogP contribution in [0.1, 0.15) is 24.2 Å². The Morgan fingerprint density at radius 3 is 2.85 bits per heavy atom. The molecule has 27 heavy (non-hydrogen) atoms. The van der Waals surface area contributed by atoms with Gasteiger partial charge in [0.05, 0.1) is 6.10 Å². The van der Waals surface area contributed by atoms with E-state index in [1.54, 1.807) is 20.0 Å². The van der Waals surface area contributed by atoms with Gasteiger partial charge in [-0.25, -0.2) is 4.99 Å². The molecule has 2 aliphatic rings. The van der Waals surface area contributed by atoms with Gasteiger partial charge in [0, 0.05) is 12.7 Å². The number of nitrogens with one attached hydrogen (secondary N) is 1. The smallest absolute Gasteiger partial charge is 0.279 e. The Kier molecular flexibility index (Phi) is 4.29. The number of guanidine groups is 1. The van der Waals surface area contributed by atoms with Gasteiger partial charge in [0.1, 0.15) is 5.70 Å². The molecule has 0 aliphatic carbocycles. The van der Waals surface area contributed by atoms with E-state index in [0.29, 0.717) is 23.2 Å². The lowest BCUT2D eigenvalue weighted by Crippen LogP contribution is -2.32. The summed E-state index contributed by atoms with van der Waals surface area (Å²) in [6.07, 6.45) is 1.14. The van der Waals surface area contributed by atoms with Crippen molar-refractivity contribution in [3.05, 3.63) is 59.3 Å². The molecule has 7 nitrogen and oxygen atoms in total. The van der Waals surface area contributed by atoms with Gasteiger partial charge < -0.3 is 19.9 Å². The van der Waals surface area contributed by atoms with Crippen LogP contribution in [0.15, 0.2) is 53.2 Å². The van der Waals surface area contributed by atoms with Gasteiger partial charge in [0.2, 0.25) is 12.8 Å². The van der Waals surface area contributed by atoms with Crippen LogP contribution in [0.3, 0.4) is 0 Å². The minimum atomic E-state index is -0.571. The molecular weight excluding hydrogens is 346 g/mol. The van der Waals surface area contributed by atoms with Crippen LogP contribution in [-0.4, -0.2) is 35.7 Å². The average molecular weight is 365 g/mol. The van der Waals surface area contributed by atoms with Crippen molar-refractivity contribution >= 4 is 23.6 Å². The monoisotopic (exact) mass is 365 g/mol. The van der Waals surface area contributed by atoms with Crippen molar-refractivity contribution in [1.29, 1.82) is 0 Å². The first-order valence-electron chi connectivity index (χ1n) is 8.54. The van der Waals surface area contributed by atoms with Crippen molar-refractivity contribution < 1.29 is 19.4 Å². The van der Waals surface area contributed by atoms with Gasteiger partial charge >= 0.3 is 0 Å². The molecule has 1 atom stereocenters. The molecule has 4 rings (SSSR count). The molecule has 0 spiro atoms. The molecule has 7 heteroatoms. The summed E-state index contributed by atoms with van der Waals surface area (Å²) in [6, 6.07) is 12.8. The first-order chi connectivity index (χ1) is 13.0. The lowest BCUT2D eigenvalue weighted by molar-refractivity contribution is -0.121. The third-order valence-electron chi connectivity index (χ3n) is 4.39. The number of benzene rings is 2. The molecule has 2 N–H and O–H groups in total. The molecule has 0 aromatic heterocycles. The van der Waals surface area contributed by atoms with Crippen molar-refractivity contribution in [2.45, 2.75) is 13.0 Å². The molecule has 2 aliphatic heterocycles. The number of ether oxygens (including phenoxy) is 2. The fourth-order valence-electron chi connectivity index (χ4n) is 2.88. The number of carbonyl (C=O) groups is 1. The zero-order valence-electron chi connectivity index (χ0n) is 15.0. The molecular formula is C20H19N3O4. The number of nitrogens with zero attached hydrogens (tertiary/aromatic N) is 2. The number of aliphatic hydroxyl groups excluding tert-OH is 1. The lowest BCUT2D eigenvalue weighted by atomic mass is 10.1. The van der Waals surface area contributed by atoms with Crippen LogP contribution in [0, 0.1) is 0 Å². The average Bonchev–Trinajstić information content (AvgIpc) is 3.22. The second-order valence-electron chi connectivity index (χ2n) is 6.37. The Balaban J connectivity index is 1.59. The van der Waals surface area contributed by atoms with E-state index in [0.717, 1.165) is 16.8 Å². The first kappa shape index (κ1) is 17.1. The standard InChI is InChI=1S/C20H19N3O4/c1-12(24)14-4-3-5-15(10-14)21-20-22-16(19(25)23(20)2)8-13-6-7-17-18(9-13)27-11-26-17/h3-10,12,24H,11H2,1-2H3,(H,21,22)/b16-8+. The SMILES string of the molecule is CC(O)c1cccc(NC2=N/C(=C/c3ccc4c(c3)OCO4)C(=O)N2C)c1. The first-order valence-corrected chi connectivity index (χ1v) is 8.54. The number of hydrogen-bond donors (Lipinski definition) is 2. The molecule has 138 valence electrons. The van der Waals surface area contributed by atoms with Crippen LogP contribution in [0.25, 0.3) is 6.08 Å². The summed E-state index contributed by atoms with van der Waals surface area (Å²) in [6.45, 7) is 1.91. The highest BCUT2D eigenvalue weighted by Gasteiger charge is 2.27. The highest BCUT2D eigenvalue weighted by Crippen LogP contribution is 2.33. The van der Waals surface area contributed by atoms with E-state index < -0.39 is 6.10 Å². The number of amides is 1. The number of aliphatic hydroxyl groups is 1. The molecule has 1 unspecified atom stereocenters. The molecule has 2 aromatic carbocycles. The van der Waals surface area contributed by atoms with Crippen LogP contribution < -0.4 is 14.8 Å². The molecule has 1 amide bonds. The number of fused-ring (bicyclic) bond motifs is 1. The Morgan fingerprint density at radius 2 is 2.04 bits per heavy atom. The fraction of sp³-hybridized carbons (Fsp3) is 0.200. The van der Waals surface area contributed by atoms with Crippen LogP contribution >= 0.6 is 0 Å². The summed E-state index contributed by atoms with van der Waals surface area (Å²) < 4.78 is 10.7. The van der Waals surface area contributed by atoms with Gasteiger partial charge in [0.15, 0.2) is 11.5 Å². The predicted molar refractivity (Wildman–Crippen MR) is 101 cm³/mol. The van der Waals surface area contributed by atoms with E-state index in [4.69, 9.17) is 9.47 Å². The van der Waals surface area contributed by atoms with E-state index in [1.807, 2.05) is 42.5 Å². The Hall–Kier alpha value is -3.32. The van der Waals surface area contributed by atoms with Crippen molar-refractivity contribution in [3.63, 3.8) is 0 Å². The highest BCUT2D eigenvalue weighted by atomic mass is 16.7. The van der Waals surface area contributed by atoms with E-state index in [1.165, 1.54) is 4.90 Å². The van der Waals surface area contributed by atoms with Gasteiger partial charge in [-0.1, -0.05) is 18.2 Å². The van der Waals surface area contributed by atoms with Crippen LogP contribution in [0.5, 0.6) is 11.5 Å². The summed E-state index contributed by atoms with van der Waals surface area (Å²) >= 11 is 0. The summed E-state index contributed by atoms with van der Waals surface area (Å²) in [5, 5.41) is 12.9. The van der Waals surface area contributed by atoms with E-state index >= 15 is 0 Å². The fourth-order valence-corrected chi connectivity index (χ4v) is 2.88. The third kappa shape index (κ3) is 3.37.